The molecule has 0 bridgehead atoms. The van der Waals surface area contributed by atoms with E-state index < -0.39 is 0 Å². The maximum Gasteiger partial charge on any atom is 0.125 e. The number of hydrogen-bond acceptors (Lipinski definition) is 3. The second kappa shape index (κ2) is 4.59. The van der Waals surface area contributed by atoms with Gasteiger partial charge in [-0.05, 0) is 46.7 Å². The van der Waals surface area contributed by atoms with Gasteiger partial charge in [0.05, 0.1) is 12.3 Å². The van der Waals surface area contributed by atoms with Crippen LogP contribution in [0.15, 0.2) is 45.7 Å². The van der Waals surface area contributed by atoms with Crippen LogP contribution in [-0.2, 0) is 0 Å². The van der Waals surface area contributed by atoms with Gasteiger partial charge < -0.3 is 9.73 Å². The molecule has 1 unspecified atom stereocenters. The summed E-state index contributed by atoms with van der Waals surface area (Å²) in [6.45, 7) is 0. The largest absolute Gasteiger partial charge is 0.467 e. The highest BCUT2D eigenvalue weighted by Gasteiger charge is 2.14. The summed E-state index contributed by atoms with van der Waals surface area (Å²) in [6.07, 6.45) is 5.26. The predicted molar refractivity (Wildman–Crippen MR) is 61.5 cm³/mol. The van der Waals surface area contributed by atoms with E-state index in [1.807, 2.05) is 31.4 Å². The van der Waals surface area contributed by atoms with Gasteiger partial charge in [0.15, 0.2) is 0 Å². The highest BCUT2D eigenvalue weighted by atomic mass is 79.9. The van der Waals surface area contributed by atoms with Crippen LogP contribution >= 0.6 is 15.9 Å². The Labute approximate surface area is 96.6 Å². The Morgan fingerprint density at radius 2 is 2.33 bits per heavy atom. The fourth-order valence-electron chi connectivity index (χ4n) is 1.51. The minimum Gasteiger partial charge on any atom is -0.467 e. The molecule has 0 saturated heterocycles. The van der Waals surface area contributed by atoms with Gasteiger partial charge >= 0.3 is 0 Å². The van der Waals surface area contributed by atoms with Crippen molar-refractivity contribution in [2.24, 2.45) is 0 Å². The Kier molecular flexibility index (Phi) is 3.18. The van der Waals surface area contributed by atoms with Gasteiger partial charge in [0.25, 0.3) is 0 Å². The van der Waals surface area contributed by atoms with E-state index in [9.17, 15) is 0 Å². The standard InChI is InChI=1S/C11H11BrN2O/c1-13-11(10-3-2-4-15-10)8-5-9(12)7-14-6-8/h2-7,11,13H,1H3. The van der Waals surface area contributed by atoms with Gasteiger partial charge in [0.2, 0.25) is 0 Å². The summed E-state index contributed by atoms with van der Waals surface area (Å²) in [6, 6.07) is 5.90. The lowest BCUT2D eigenvalue weighted by molar-refractivity contribution is 0.463. The van der Waals surface area contributed by atoms with Crippen LogP contribution in [0.3, 0.4) is 0 Å². The molecule has 0 aliphatic carbocycles. The lowest BCUT2D eigenvalue weighted by Gasteiger charge is -2.13. The summed E-state index contributed by atoms with van der Waals surface area (Å²) in [5.41, 5.74) is 1.07. The van der Waals surface area contributed by atoms with Crippen LogP contribution in [-0.4, -0.2) is 12.0 Å². The van der Waals surface area contributed by atoms with Crippen molar-refractivity contribution in [3.63, 3.8) is 0 Å². The molecule has 0 saturated carbocycles. The molecule has 2 rings (SSSR count). The Morgan fingerprint density at radius 1 is 1.47 bits per heavy atom. The van der Waals surface area contributed by atoms with E-state index >= 15 is 0 Å². The third kappa shape index (κ3) is 2.27. The van der Waals surface area contributed by atoms with Crippen LogP contribution < -0.4 is 5.32 Å². The molecule has 0 aliphatic rings. The number of halogens is 1. The summed E-state index contributed by atoms with van der Waals surface area (Å²) in [5.74, 6) is 0.886. The number of nitrogens with zero attached hydrogens (tertiary/aromatic N) is 1. The van der Waals surface area contributed by atoms with E-state index in [0.717, 1.165) is 15.8 Å². The monoisotopic (exact) mass is 266 g/mol. The molecule has 2 heterocycles. The second-order valence-corrected chi connectivity index (χ2v) is 4.09. The van der Waals surface area contributed by atoms with Crippen molar-refractivity contribution in [2.75, 3.05) is 7.05 Å². The van der Waals surface area contributed by atoms with Crippen LogP contribution in [0.25, 0.3) is 0 Å². The molecule has 2 aromatic rings. The molecule has 0 radical (unpaired) electrons. The average molecular weight is 267 g/mol. The zero-order valence-electron chi connectivity index (χ0n) is 8.27. The van der Waals surface area contributed by atoms with Gasteiger partial charge in [-0.15, -0.1) is 0 Å². The summed E-state index contributed by atoms with van der Waals surface area (Å²) < 4.78 is 6.34. The van der Waals surface area contributed by atoms with Crippen LogP contribution in [0, 0.1) is 0 Å². The van der Waals surface area contributed by atoms with Crippen molar-refractivity contribution in [3.05, 3.63) is 52.7 Å². The van der Waals surface area contributed by atoms with Gasteiger partial charge in [-0.2, -0.15) is 0 Å². The van der Waals surface area contributed by atoms with Crippen LogP contribution in [0.2, 0.25) is 0 Å². The molecule has 78 valence electrons. The van der Waals surface area contributed by atoms with Crippen molar-refractivity contribution in [3.8, 4) is 0 Å². The van der Waals surface area contributed by atoms with E-state index in [1.165, 1.54) is 0 Å². The van der Waals surface area contributed by atoms with E-state index in [-0.39, 0.29) is 6.04 Å². The topological polar surface area (TPSA) is 38.1 Å². The average Bonchev–Trinajstić information content (AvgIpc) is 2.72. The molecule has 0 aromatic carbocycles. The third-order valence-corrected chi connectivity index (χ3v) is 2.61. The minimum atomic E-state index is 0.0463. The van der Waals surface area contributed by atoms with Gasteiger partial charge in [-0.3, -0.25) is 4.98 Å². The molecule has 0 amide bonds. The van der Waals surface area contributed by atoms with E-state index in [1.54, 1.807) is 12.5 Å². The van der Waals surface area contributed by atoms with Crippen molar-refractivity contribution in [2.45, 2.75) is 6.04 Å². The zero-order chi connectivity index (χ0) is 10.7. The molecule has 15 heavy (non-hydrogen) atoms. The predicted octanol–water partition coefficient (Wildman–Crippen LogP) is 2.75. The van der Waals surface area contributed by atoms with Crippen molar-refractivity contribution in [1.29, 1.82) is 0 Å². The van der Waals surface area contributed by atoms with E-state index in [4.69, 9.17) is 4.42 Å². The summed E-state index contributed by atoms with van der Waals surface area (Å²) >= 11 is 3.40. The molecule has 0 aliphatic heterocycles. The quantitative estimate of drug-likeness (QED) is 0.929. The van der Waals surface area contributed by atoms with Crippen molar-refractivity contribution < 1.29 is 4.42 Å². The highest BCUT2D eigenvalue weighted by molar-refractivity contribution is 9.10. The van der Waals surface area contributed by atoms with Crippen LogP contribution in [0.4, 0.5) is 0 Å². The highest BCUT2D eigenvalue weighted by Crippen LogP contribution is 2.23. The Bertz CT molecular complexity index is 428. The molecule has 3 nitrogen and oxygen atoms in total. The molecule has 1 N–H and O–H groups in total. The molecular formula is C11H11BrN2O. The van der Waals surface area contributed by atoms with E-state index in [2.05, 4.69) is 26.2 Å². The Hall–Kier alpha value is -1.13. The number of hydrogen-bond donors (Lipinski definition) is 1. The first kappa shape index (κ1) is 10.4. The molecule has 0 fully saturated rings. The molecule has 4 heteroatoms. The van der Waals surface area contributed by atoms with Crippen molar-refractivity contribution >= 4 is 15.9 Å². The third-order valence-electron chi connectivity index (χ3n) is 2.18. The molecule has 1 atom stereocenters. The first-order chi connectivity index (χ1) is 7.31. The zero-order valence-corrected chi connectivity index (χ0v) is 9.86. The lowest BCUT2D eigenvalue weighted by atomic mass is 10.1. The number of rotatable bonds is 3. The number of nitrogens with one attached hydrogen (secondary N) is 1. The Morgan fingerprint density at radius 3 is 2.93 bits per heavy atom. The van der Waals surface area contributed by atoms with Crippen LogP contribution in [0.1, 0.15) is 17.4 Å². The number of furan rings is 1. The van der Waals surface area contributed by atoms with Crippen LogP contribution in [0.5, 0.6) is 0 Å². The number of pyridine rings is 1. The Balaban J connectivity index is 2.35. The van der Waals surface area contributed by atoms with E-state index in [0.29, 0.717) is 0 Å². The van der Waals surface area contributed by atoms with Gasteiger partial charge in [0.1, 0.15) is 5.76 Å². The minimum absolute atomic E-state index is 0.0463. The SMILES string of the molecule is CNC(c1cncc(Br)c1)c1ccco1. The summed E-state index contributed by atoms with van der Waals surface area (Å²) in [4.78, 5) is 4.13. The smallest absolute Gasteiger partial charge is 0.125 e. The molecular weight excluding hydrogens is 256 g/mol. The first-order valence-electron chi connectivity index (χ1n) is 4.62. The van der Waals surface area contributed by atoms with Gasteiger partial charge in [0, 0.05) is 16.9 Å². The first-order valence-corrected chi connectivity index (χ1v) is 5.41. The normalized spacial score (nSPS) is 12.7. The maximum absolute atomic E-state index is 5.38. The fraction of sp³-hybridized carbons (Fsp3) is 0.182. The second-order valence-electron chi connectivity index (χ2n) is 3.17. The molecule has 2 aromatic heterocycles. The fourth-order valence-corrected chi connectivity index (χ4v) is 1.90. The van der Waals surface area contributed by atoms with Gasteiger partial charge in [-0.1, -0.05) is 0 Å². The lowest BCUT2D eigenvalue weighted by Crippen LogP contribution is -2.17. The van der Waals surface area contributed by atoms with Crippen molar-refractivity contribution in [1.82, 2.24) is 10.3 Å². The summed E-state index contributed by atoms with van der Waals surface area (Å²) in [5, 5.41) is 3.19. The summed E-state index contributed by atoms with van der Waals surface area (Å²) in [7, 11) is 1.90. The van der Waals surface area contributed by atoms with Gasteiger partial charge in [-0.25, -0.2) is 0 Å². The molecule has 0 spiro atoms. The number of aromatic nitrogens is 1. The maximum atomic E-state index is 5.38.